The number of rotatable bonds is 10. The fourth-order valence-corrected chi connectivity index (χ4v) is 8.88. The maximum atomic E-state index is 14.1. The Labute approximate surface area is 278 Å². The van der Waals surface area contributed by atoms with E-state index in [9.17, 15) is 27.9 Å². The molecule has 0 spiro atoms. The molecule has 1 saturated heterocycles. The number of benzene rings is 1. The number of alkyl halides is 3. The molecular formula is C34H36F3N3O7S. The molecule has 1 aromatic carbocycles. The van der Waals surface area contributed by atoms with Crippen LogP contribution in [0.1, 0.15) is 109 Å². The Bertz CT molecular complexity index is 1770. The summed E-state index contributed by atoms with van der Waals surface area (Å²) in [6.45, 7) is 4.06. The predicted octanol–water partition coefficient (Wildman–Crippen LogP) is 7.67. The van der Waals surface area contributed by atoms with E-state index < -0.39 is 30.2 Å². The number of carboxylic acid groups (broad SMARTS) is 1. The van der Waals surface area contributed by atoms with Gasteiger partial charge in [-0.25, -0.2) is 14.6 Å². The molecule has 3 heterocycles. The first kappa shape index (κ1) is 32.7. The van der Waals surface area contributed by atoms with Gasteiger partial charge in [0.15, 0.2) is 16.6 Å². The Morgan fingerprint density at radius 1 is 1.19 bits per heavy atom. The number of anilines is 1. The van der Waals surface area contributed by atoms with E-state index in [0.29, 0.717) is 42.3 Å². The highest BCUT2D eigenvalue weighted by Gasteiger charge is 2.53. The summed E-state index contributed by atoms with van der Waals surface area (Å²) in [5.41, 5.74) is 3.21. The first-order valence-corrected chi connectivity index (χ1v) is 17.1. The first-order valence-electron chi connectivity index (χ1n) is 16.2. The average Bonchev–Trinajstić information content (AvgIpc) is 3.65. The Morgan fingerprint density at radius 2 is 1.92 bits per heavy atom. The van der Waals surface area contributed by atoms with Crippen molar-refractivity contribution in [3.8, 4) is 5.75 Å². The molecule has 48 heavy (non-hydrogen) atoms. The summed E-state index contributed by atoms with van der Waals surface area (Å²) in [4.78, 5) is 32.1. The zero-order valence-corrected chi connectivity index (χ0v) is 27.3. The molecule has 8 rings (SSSR count). The third kappa shape index (κ3) is 6.10. The van der Waals surface area contributed by atoms with Crippen LogP contribution in [0.3, 0.4) is 0 Å². The van der Waals surface area contributed by atoms with E-state index in [-0.39, 0.29) is 38.8 Å². The van der Waals surface area contributed by atoms with Crippen molar-refractivity contribution in [2.45, 2.75) is 106 Å². The molecule has 5 fully saturated rings. The van der Waals surface area contributed by atoms with Gasteiger partial charge in [0.05, 0.1) is 15.9 Å². The molecule has 10 nitrogen and oxygen atoms in total. The number of thiazole rings is 1. The molecule has 14 heteroatoms. The van der Waals surface area contributed by atoms with Crippen molar-refractivity contribution in [1.29, 1.82) is 0 Å². The predicted molar refractivity (Wildman–Crippen MR) is 169 cm³/mol. The van der Waals surface area contributed by atoms with E-state index in [1.165, 1.54) is 6.07 Å². The van der Waals surface area contributed by atoms with Crippen LogP contribution in [0.15, 0.2) is 35.0 Å². The van der Waals surface area contributed by atoms with E-state index in [1.54, 1.807) is 13.2 Å². The quantitative estimate of drug-likeness (QED) is 0.168. The smallest absolute Gasteiger partial charge is 0.478 e. The monoisotopic (exact) mass is 687 g/mol. The van der Waals surface area contributed by atoms with Crippen molar-refractivity contribution in [1.82, 2.24) is 10.1 Å². The molecule has 0 amide bonds. The summed E-state index contributed by atoms with van der Waals surface area (Å²) in [6, 6.07) is 1.87. The molecule has 5 aliphatic rings. The second-order valence-corrected chi connectivity index (χ2v) is 14.4. The third-order valence-electron chi connectivity index (χ3n) is 10.6. The van der Waals surface area contributed by atoms with Gasteiger partial charge >= 0.3 is 18.3 Å². The van der Waals surface area contributed by atoms with Crippen molar-refractivity contribution < 1.29 is 46.6 Å². The fourth-order valence-electron chi connectivity index (χ4n) is 7.76. The van der Waals surface area contributed by atoms with Crippen LogP contribution < -0.4 is 9.64 Å². The number of fused-ring (bicyclic) bond motifs is 4. The van der Waals surface area contributed by atoms with Gasteiger partial charge in [0, 0.05) is 43.9 Å². The number of nitrogens with zero attached hydrogens (tertiary/aromatic N) is 3. The van der Waals surface area contributed by atoms with E-state index >= 15 is 0 Å². The molecule has 256 valence electrons. The molecule has 0 unspecified atom stereocenters. The molecule has 2 atom stereocenters. The largest absolute Gasteiger partial charge is 0.573 e. The van der Waals surface area contributed by atoms with Gasteiger partial charge in [-0.15, -0.1) is 18.9 Å². The Kier molecular flexibility index (Phi) is 8.32. The fraction of sp³-hybridized carbons (Fsp3) is 0.559. The SMILES string of the molecule is C=C=CC[C@@H]1C[C@H](OC(=O)c2c(C34CCC(OC)(CC3)CC4)noc2C2CC2)CCN1c1nc2c(OC(F)(F)F)cc(C(=O)O)cc2s1. The third-order valence-corrected chi connectivity index (χ3v) is 11.7. The number of ether oxygens (including phenoxy) is 3. The minimum Gasteiger partial charge on any atom is -0.478 e. The standard InChI is InChI=1S/C34H36F3N3O7S/c1-3-4-5-21-18-22(8-15-40(21)31-38-26-23(46-34(35,36)37)16-20(29(41)42)17-24(26)48-31)45-30(43)25-27(19-6-7-19)47-39-28(25)32-9-12-33(44-2,13-10-32)14-11-32/h4,16-17,19,21-22H,1,5-15,18H2,2H3,(H,41,42)/t21-,22-,32?,33?/m1/s1. The van der Waals surface area contributed by atoms with Crippen LogP contribution in [0, 0.1) is 0 Å². The number of carboxylic acids is 1. The number of hydrogen-bond acceptors (Lipinski definition) is 10. The molecule has 2 aromatic heterocycles. The van der Waals surface area contributed by atoms with Crippen molar-refractivity contribution in [2.75, 3.05) is 18.6 Å². The molecule has 1 N–H and O–H groups in total. The number of carbonyl (C=O) groups excluding carboxylic acids is 1. The van der Waals surface area contributed by atoms with Crippen LogP contribution in [0.25, 0.3) is 10.2 Å². The molecule has 1 aliphatic heterocycles. The van der Waals surface area contributed by atoms with Crippen molar-refractivity contribution in [2.24, 2.45) is 0 Å². The summed E-state index contributed by atoms with van der Waals surface area (Å²) >= 11 is 1.08. The minimum absolute atomic E-state index is 0.0796. The maximum absolute atomic E-state index is 14.1. The first-order chi connectivity index (χ1) is 22.9. The zero-order valence-electron chi connectivity index (χ0n) is 26.4. The van der Waals surface area contributed by atoms with Crippen LogP contribution in [0.5, 0.6) is 5.75 Å². The second kappa shape index (κ2) is 12.2. The number of halogens is 3. The second-order valence-electron chi connectivity index (χ2n) is 13.4. The van der Waals surface area contributed by atoms with Crippen molar-refractivity contribution in [3.63, 3.8) is 0 Å². The number of methoxy groups -OCH3 is 1. The number of carbonyl (C=O) groups is 2. The van der Waals surface area contributed by atoms with Crippen LogP contribution >= 0.6 is 11.3 Å². The topological polar surface area (TPSA) is 124 Å². The van der Waals surface area contributed by atoms with Gasteiger partial charge in [0.2, 0.25) is 0 Å². The molecule has 0 radical (unpaired) electrons. The highest BCUT2D eigenvalue weighted by Crippen LogP contribution is 2.56. The summed E-state index contributed by atoms with van der Waals surface area (Å²) < 4.78 is 62.1. The summed E-state index contributed by atoms with van der Waals surface area (Å²) in [5, 5.41) is 14.4. The molecule has 4 saturated carbocycles. The maximum Gasteiger partial charge on any atom is 0.573 e. The molecule has 4 aliphatic carbocycles. The number of aromatic carboxylic acids is 1. The van der Waals surface area contributed by atoms with Crippen LogP contribution in [0.4, 0.5) is 18.3 Å². The number of aromatic nitrogens is 2. The van der Waals surface area contributed by atoms with Crippen LogP contribution in [-0.2, 0) is 14.9 Å². The van der Waals surface area contributed by atoms with Gasteiger partial charge < -0.3 is 28.7 Å². The van der Waals surface area contributed by atoms with Crippen LogP contribution in [-0.4, -0.2) is 64.9 Å². The molecule has 3 aromatic rings. The van der Waals surface area contributed by atoms with E-state index in [1.807, 2.05) is 4.90 Å². The highest BCUT2D eigenvalue weighted by molar-refractivity contribution is 7.22. The normalized spacial score (nSPS) is 27.1. The Morgan fingerprint density at radius 3 is 2.54 bits per heavy atom. The number of hydrogen-bond donors (Lipinski definition) is 1. The summed E-state index contributed by atoms with van der Waals surface area (Å²) in [5.74, 6) is -1.70. The van der Waals surface area contributed by atoms with Gasteiger partial charge in [-0.3, -0.25) is 0 Å². The van der Waals surface area contributed by atoms with Crippen LogP contribution in [0.2, 0.25) is 0 Å². The molecule has 2 bridgehead atoms. The van der Waals surface area contributed by atoms with E-state index in [0.717, 1.165) is 74.5 Å². The average molecular weight is 688 g/mol. The summed E-state index contributed by atoms with van der Waals surface area (Å²) in [6.07, 6.45) is 4.85. The van der Waals surface area contributed by atoms with Crippen molar-refractivity contribution in [3.05, 3.63) is 53.1 Å². The lowest BCUT2D eigenvalue weighted by atomic mass is 9.57. The highest BCUT2D eigenvalue weighted by atomic mass is 32.1. The van der Waals surface area contributed by atoms with Crippen molar-refractivity contribution >= 4 is 38.6 Å². The van der Waals surface area contributed by atoms with Gasteiger partial charge in [0.25, 0.3) is 0 Å². The van der Waals surface area contributed by atoms with E-state index in [4.69, 9.17) is 14.0 Å². The van der Waals surface area contributed by atoms with Gasteiger partial charge in [0.1, 0.15) is 22.9 Å². The Balaban J connectivity index is 1.13. The zero-order chi connectivity index (χ0) is 33.8. The minimum atomic E-state index is -5.03. The lowest BCUT2D eigenvalue weighted by molar-refractivity contribution is -0.274. The van der Waals surface area contributed by atoms with Gasteiger partial charge in [-0.05, 0) is 76.0 Å². The lowest BCUT2D eigenvalue weighted by Gasteiger charge is -2.52. The number of piperidine rings is 1. The van der Waals surface area contributed by atoms with Gasteiger partial charge in [-0.1, -0.05) is 23.1 Å². The van der Waals surface area contributed by atoms with E-state index in [2.05, 4.69) is 27.2 Å². The summed E-state index contributed by atoms with van der Waals surface area (Å²) in [7, 11) is 1.78. The number of esters is 1. The van der Waals surface area contributed by atoms with Gasteiger partial charge in [-0.2, -0.15) is 0 Å². The molecular weight excluding hydrogens is 651 g/mol. The Hall–Kier alpha value is -3.87. The lowest BCUT2D eigenvalue weighted by Crippen LogP contribution is -2.50.